The standard InChI is InChI=1S/C38H49N8O8P/c1-8-49-34-27(6)30(21-53-55(52-20-19-39-7)46(25(2)3)26(4)5)54-37(34)45-24-40-33-35(41-31(47)22-50-28-15-11-9-12-16-28)43-38(44-36(33)45)42-32(48)23-51-29-17-13-10-14-18-29/h9-18,24-27,30,34,37H,8,19-23H2,1-6H3,(H2,41,42,43,44,47,48)/t27-,30-,34-,37-,55?/m1/s1. The number of fused-ring (bicyclic) bond motifs is 1. The molecule has 2 aromatic carbocycles. The summed E-state index contributed by atoms with van der Waals surface area (Å²) < 4.78 is 40.6. The summed E-state index contributed by atoms with van der Waals surface area (Å²) in [6.45, 7) is 20.0. The molecule has 0 saturated carbocycles. The molecule has 3 heterocycles. The number of rotatable bonds is 20. The molecule has 1 unspecified atom stereocenters. The molecule has 294 valence electrons. The Bertz CT molecular complexity index is 1870. The topological polar surface area (TPSA) is 165 Å². The third-order valence-corrected chi connectivity index (χ3v) is 10.6. The second-order valence-corrected chi connectivity index (χ2v) is 14.6. The zero-order valence-corrected chi connectivity index (χ0v) is 32.8. The van der Waals surface area contributed by atoms with Gasteiger partial charge < -0.3 is 38.2 Å². The molecule has 2 aromatic heterocycles. The van der Waals surface area contributed by atoms with Crippen LogP contribution in [0.5, 0.6) is 11.5 Å². The molecule has 1 fully saturated rings. The van der Waals surface area contributed by atoms with Crippen molar-refractivity contribution in [3.63, 3.8) is 0 Å². The van der Waals surface area contributed by atoms with Crippen molar-refractivity contribution in [3.8, 4) is 11.5 Å². The summed E-state index contributed by atoms with van der Waals surface area (Å²) in [5, 5.41) is 5.45. The van der Waals surface area contributed by atoms with Crippen molar-refractivity contribution in [1.82, 2.24) is 24.2 Å². The fraction of sp³-hybridized carbons (Fsp3) is 0.474. The van der Waals surface area contributed by atoms with Crippen LogP contribution in [0, 0.1) is 12.5 Å². The number of imidazole rings is 1. The summed E-state index contributed by atoms with van der Waals surface area (Å²) in [4.78, 5) is 43.3. The van der Waals surface area contributed by atoms with Crippen LogP contribution in [-0.4, -0.2) is 99.9 Å². The van der Waals surface area contributed by atoms with Crippen LogP contribution in [0.2, 0.25) is 0 Å². The van der Waals surface area contributed by atoms with Gasteiger partial charge in [0.05, 0.1) is 19.0 Å². The third-order valence-electron chi connectivity index (χ3n) is 8.49. The van der Waals surface area contributed by atoms with Crippen molar-refractivity contribution in [3.05, 3.63) is 78.4 Å². The van der Waals surface area contributed by atoms with Gasteiger partial charge in [-0.2, -0.15) is 9.97 Å². The van der Waals surface area contributed by atoms with Crippen molar-refractivity contribution < 1.29 is 37.6 Å². The highest BCUT2D eigenvalue weighted by Crippen LogP contribution is 2.47. The molecule has 1 aliphatic rings. The monoisotopic (exact) mass is 776 g/mol. The molecular formula is C38H49N8O8P. The van der Waals surface area contributed by atoms with E-state index in [1.165, 1.54) is 0 Å². The highest BCUT2D eigenvalue weighted by Gasteiger charge is 2.45. The van der Waals surface area contributed by atoms with Gasteiger partial charge in [-0.05, 0) is 58.9 Å². The average molecular weight is 777 g/mol. The average Bonchev–Trinajstić information content (AvgIpc) is 3.73. The zero-order chi connectivity index (χ0) is 39.3. The zero-order valence-electron chi connectivity index (χ0n) is 32.0. The van der Waals surface area contributed by atoms with E-state index in [4.69, 9.17) is 34.6 Å². The number of nitrogens with zero attached hydrogens (tertiary/aromatic N) is 6. The molecule has 0 bridgehead atoms. The number of ether oxygens (including phenoxy) is 4. The van der Waals surface area contributed by atoms with Gasteiger partial charge in [0.1, 0.15) is 24.2 Å². The molecule has 0 aliphatic carbocycles. The van der Waals surface area contributed by atoms with Gasteiger partial charge in [0, 0.05) is 24.6 Å². The number of hydrogen-bond donors (Lipinski definition) is 2. The molecule has 5 rings (SSSR count). The number of benzene rings is 2. The second kappa shape index (κ2) is 20.2. The van der Waals surface area contributed by atoms with Gasteiger partial charge in [-0.3, -0.25) is 19.5 Å². The molecule has 55 heavy (non-hydrogen) atoms. The summed E-state index contributed by atoms with van der Waals surface area (Å²) in [6.07, 6.45) is -0.0218. The first-order chi connectivity index (χ1) is 26.6. The Morgan fingerprint density at radius 2 is 1.56 bits per heavy atom. The van der Waals surface area contributed by atoms with E-state index in [9.17, 15) is 9.59 Å². The quantitative estimate of drug-likeness (QED) is 0.0603. The lowest BCUT2D eigenvalue weighted by Crippen LogP contribution is -2.35. The molecule has 1 saturated heterocycles. The Kier molecular flexibility index (Phi) is 15.2. The molecule has 1 aliphatic heterocycles. The van der Waals surface area contributed by atoms with E-state index in [-0.39, 0.29) is 73.9 Å². The summed E-state index contributed by atoms with van der Waals surface area (Å²) in [7, 11) is -1.49. The molecule has 0 radical (unpaired) electrons. The Labute approximate surface area is 322 Å². The van der Waals surface area contributed by atoms with Crippen molar-refractivity contribution in [1.29, 1.82) is 0 Å². The van der Waals surface area contributed by atoms with Gasteiger partial charge in [0.15, 0.2) is 36.4 Å². The lowest BCUT2D eigenvalue weighted by atomic mass is 10.0. The lowest BCUT2D eigenvalue weighted by Gasteiger charge is -2.36. The Morgan fingerprint density at radius 1 is 0.945 bits per heavy atom. The molecule has 4 aromatic rings. The molecule has 17 heteroatoms. The molecule has 2 amide bonds. The van der Waals surface area contributed by atoms with Crippen LogP contribution in [-0.2, 0) is 28.1 Å². The molecule has 16 nitrogen and oxygen atoms in total. The van der Waals surface area contributed by atoms with Gasteiger partial charge in [0.2, 0.25) is 12.5 Å². The van der Waals surface area contributed by atoms with Gasteiger partial charge in [-0.25, -0.2) is 16.2 Å². The van der Waals surface area contributed by atoms with E-state index in [2.05, 4.69) is 62.8 Å². The van der Waals surface area contributed by atoms with E-state index in [1.54, 1.807) is 59.4 Å². The van der Waals surface area contributed by atoms with Crippen LogP contribution in [0.3, 0.4) is 0 Å². The predicted molar refractivity (Wildman–Crippen MR) is 207 cm³/mol. The minimum atomic E-state index is -1.49. The Morgan fingerprint density at radius 3 is 2.15 bits per heavy atom. The number of anilines is 2. The Balaban J connectivity index is 1.41. The van der Waals surface area contributed by atoms with E-state index in [0.717, 1.165) is 0 Å². The Hall–Kier alpha value is -4.75. The third kappa shape index (κ3) is 11.2. The van der Waals surface area contributed by atoms with Gasteiger partial charge in [0.25, 0.3) is 20.3 Å². The first-order valence-electron chi connectivity index (χ1n) is 18.2. The van der Waals surface area contributed by atoms with Crippen LogP contribution in [0.4, 0.5) is 11.8 Å². The summed E-state index contributed by atoms with van der Waals surface area (Å²) in [5.41, 5.74) is 0.548. The molecule has 2 N–H and O–H groups in total. The maximum Gasteiger partial charge on any atom is 0.264 e. The van der Waals surface area contributed by atoms with Gasteiger partial charge in [-0.1, -0.05) is 43.3 Å². The summed E-state index contributed by atoms with van der Waals surface area (Å²) in [5.74, 6) is -0.120. The molecule has 0 spiro atoms. The van der Waals surface area contributed by atoms with Crippen molar-refractivity contribution in [2.24, 2.45) is 5.92 Å². The number of hydrogen-bond acceptors (Lipinski definition) is 12. The van der Waals surface area contributed by atoms with E-state index < -0.39 is 38.8 Å². The normalized spacial score (nSPS) is 18.8. The van der Waals surface area contributed by atoms with Crippen LogP contribution >= 0.6 is 8.53 Å². The highest BCUT2D eigenvalue weighted by atomic mass is 31.2. The van der Waals surface area contributed by atoms with Crippen LogP contribution in [0.1, 0.15) is 47.8 Å². The SMILES string of the molecule is [C-]#[N+]CCOP(OC[C@H]1O[C@@H](n2cnc3c(NC(=O)COc4ccccc4)nc(NC(=O)COc4ccccc4)nc32)[C@H](OCC)[C@@H]1C)N(C(C)C)C(C)C. The maximum absolute atomic E-state index is 13.1. The fourth-order valence-electron chi connectivity index (χ4n) is 6.04. The number of nitrogens with one attached hydrogen (secondary N) is 2. The maximum atomic E-state index is 13.1. The van der Waals surface area contributed by atoms with E-state index in [1.807, 2.05) is 26.0 Å². The number of amides is 2. The van der Waals surface area contributed by atoms with Crippen LogP contribution in [0.25, 0.3) is 16.0 Å². The van der Waals surface area contributed by atoms with Gasteiger partial charge >= 0.3 is 0 Å². The predicted octanol–water partition coefficient (Wildman–Crippen LogP) is 6.10. The van der Waals surface area contributed by atoms with Crippen molar-refractivity contribution in [2.45, 2.75) is 72.1 Å². The largest absolute Gasteiger partial charge is 0.484 e. The summed E-state index contributed by atoms with van der Waals surface area (Å²) >= 11 is 0. The molecular weight excluding hydrogens is 727 g/mol. The number of para-hydroxylation sites is 2. The second-order valence-electron chi connectivity index (χ2n) is 13.2. The first kappa shape index (κ1) is 41.4. The van der Waals surface area contributed by atoms with Crippen molar-refractivity contribution in [2.75, 3.05) is 50.2 Å². The van der Waals surface area contributed by atoms with Crippen LogP contribution in [0.15, 0.2) is 67.0 Å². The number of carbonyl (C=O) groups is 2. The van der Waals surface area contributed by atoms with E-state index >= 15 is 0 Å². The number of carbonyl (C=O) groups excluding carboxylic acids is 2. The van der Waals surface area contributed by atoms with Gasteiger partial charge in [-0.15, -0.1) is 0 Å². The van der Waals surface area contributed by atoms with Crippen molar-refractivity contribution >= 4 is 43.3 Å². The first-order valence-corrected chi connectivity index (χ1v) is 19.4. The van der Waals surface area contributed by atoms with Crippen LogP contribution < -0.4 is 20.1 Å². The minimum absolute atomic E-state index is 0.0632. The summed E-state index contributed by atoms with van der Waals surface area (Å²) in [6, 6.07) is 18.2. The fourth-order valence-corrected chi connectivity index (χ4v) is 7.65. The molecule has 5 atom stereocenters. The van der Waals surface area contributed by atoms with E-state index in [0.29, 0.717) is 18.1 Å². The highest BCUT2D eigenvalue weighted by molar-refractivity contribution is 7.44. The number of aromatic nitrogens is 4. The minimum Gasteiger partial charge on any atom is -0.484 e. The lowest BCUT2D eigenvalue weighted by molar-refractivity contribution is -0.118. The smallest absolute Gasteiger partial charge is 0.264 e.